The van der Waals surface area contributed by atoms with Gasteiger partial charge in [0.2, 0.25) is 4.77 Å². The van der Waals surface area contributed by atoms with E-state index in [9.17, 15) is 14.9 Å². The van der Waals surface area contributed by atoms with E-state index in [0.717, 1.165) is 10.8 Å². The molecular formula is C22H17N5O4S. The first-order valence-corrected chi connectivity index (χ1v) is 10.1. The maximum absolute atomic E-state index is 12.7. The fourth-order valence-electron chi connectivity index (χ4n) is 3.19. The Balaban J connectivity index is 1.77. The number of nitro groups is 1. The number of H-pyrrole nitrogens is 1. The molecule has 0 aliphatic rings. The van der Waals surface area contributed by atoms with E-state index in [2.05, 4.69) is 15.3 Å². The lowest BCUT2D eigenvalue weighted by atomic mass is 10.0. The molecule has 0 saturated carbocycles. The van der Waals surface area contributed by atoms with Gasteiger partial charge in [-0.1, -0.05) is 43.3 Å². The van der Waals surface area contributed by atoms with E-state index in [-0.39, 0.29) is 17.0 Å². The molecular weight excluding hydrogens is 430 g/mol. The number of hydrogen-bond donors (Lipinski definition) is 1. The molecule has 0 aliphatic carbocycles. The van der Waals surface area contributed by atoms with Crippen molar-refractivity contribution in [3.05, 3.63) is 92.5 Å². The summed E-state index contributed by atoms with van der Waals surface area (Å²) in [5, 5.41) is 24.1. The zero-order valence-electron chi connectivity index (χ0n) is 16.9. The van der Waals surface area contributed by atoms with E-state index in [0.29, 0.717) is 22.6 Å². The smallest absolute Gasteiger partial charge is 0.343 e. The van der Waals surface area contributed by atoms with E-state index in [1.165, 1.54) is 28.9 Å². The minimum atomic E-state index is -0.715. The van der Waals surface area contributed by atoms with Gasteiger partial charge in [0, 0.05) is 24.1 Å². The molecule has 0 bridgehead atoms. The summed E-state index contributed by atoms with van der Waals surface area (Å²) in [7, 11) is 0. The van der Waals surface area contributed by atoms with Crippen LogP contribution in [0.1, 0.15) is 28.7 Å². The van der Waals surface area contributed by atoms with Crippen LogP contribution in [0.4, 0.5) is 5.69 Å². The number of ether oxygens (including phenoxy) is 1. The van der Waals surface area contributed by atoms with E-state index in [4.69, 9.17) is 17.0 Å². The summed E-state index contributed by atoms with van der Waals surface area (Å²) in [6.45, 7) is 1.93. The molecule has 0 atom stereocenters. The topological polar surface area (TPSA) is 115 Å². The lowest BCUT2D eigenvalue weighted by Crippen LogP contribution is -2.10. The number of aromatic amines is 1. The number of nitrogens with one attached hydrogen (secondary N) is 1. The van der Waals surface area contributed by atoms with Crippen molar-refractivity contribution in [1.82, 2.24) is 14.9 Å². The van der Waals surface area contributed by atoms with Gasteiger partial charge in [0.15, 0.2) is 5.82 Å². The number of benzene rings is 3. The van der Waals surface area contributed by atoms with Gasteiger partial charge in [0.1, 0.15) is 5.75 Å². The first-order valence-electron chi connectivity index (χ1n) is 9.67. The van der Waals surface area contributed by atoms with Crippen molar-refractivity contribution >= 4 is 40.9 Å². The Morgan fingerprint density at radius 1 is 1.25 bits per heavy atom. The third kappa shape index (κ3) is 4.16. The van der Waals surface area contributed by atoms with Crippen molar-refractivity contribution in [2.75, 3.05) is 0 Å². The van der Waals surface area contributed by atoms with Gasteiger partial charge in [0.05, 0.1) is 16.7 Å². The van der Waals surface area contributed by atoms with Crippen molar-refractivity contribution in [3.8, 4) is 5.75 Å². The molecule has 4 rings (SSSR count). The highest BCUT2D eigenvalue weighted by molar-refractivity contribution is 7.71. The molecule has 9 nitrogen and oxygen atoms in total. The SMILES string of the molecule is CCc1n[nH]c(=S)n1N=Cc1c(OC(=O)c2cccc([N+](=O)[O-])c2)ccc2ccccc12. The number of carbonyl (C=O) groups is 1. The molecule has 3 aromatic carbocycles. The highest BCUT2D eigenvalue weighted by Gasteiger charge is 2.16. The molecule has 4 aromatic rings. The van der Waals surface area contributed by atoms with Crippen LogP contribution in [0.15, 0.2) is 65.8 Å². The number of nitrogens with zero attached hydrogens (tertiary/aromatic N) is 4. The fraction of sp³-hybridized carbons (Fsp3) is 0.0909. The second-order valence-corrected chi connectivity index (χ2v) is 7.14. The van der Waals surface area contributed by atoms with E-state index < -0.39 is 10.9 Å². The van der Waals surface area contributed by atoms with Gasteiger partial charge in [0.25, 0.3) is 5.69 Å². The van der Waals surface area contributed by atoms with Crippen molar-refractivity contribution < 1.29 is 14.5 Å². The number of esters is 1. The number of aromatic nitrogens is 3. The summed E-state index contributed by atoms with van der Waals surface area (Å²) in [5.41, 5.74) is 0.439. The van der Waals surface area contributed by atoms with Gasteiger partial charge in [-0.3, -0.25) is 15.2 Å². The minimum absolute atomic E-state index is 0.0700. The Hall–Kier alpha value is -4.18. The van der Waals surface area contributed by atoms with Crippen molar-refractivity contribution in [1.29, 1.82) is 0 Å². The second kappa shape index (κ2) is 8.90. The maximum atomic E-state index is 12.7. The fourth-order valence-corrected chi connectivity index (χ4v) is 3.39. The van der Waals surface area contributed by atoms with Crippen molar-refractivity contribution in [3.63, 3.8) is 0 Å². The summed E-state index contributed by atoms with van der Waals surface area (Å²) < 4.78 is 7.46. The number of rotatable bonds is 6. The Bertz CT molecular complexity index is 1420. The molecule has 160 valence electrons. The van der Waals surface area contributed by atoms with Crippen LogP contribution in [-0.4, -0.2) is 32.0 Å². The molecule has 1 heterocycles. The summed E-state index contributed by atoms with van der Waals surface area (Å²) in [6, 6.07) is 16.5. The zero-order chi connectivity index (χ0) is 22.7. The standard InChI is InChI=1S/C22H17N5O4S/c1-2-20-24-25-22(32)26(20)23-13-18-17-9-4-3-6-14(17)10-11-19(18)31-21(28)15-7-5-8-16(12-15)27(29)30/h3-13H,2H2,1H3,(H,25,32). The average molecular weight is 447 g/mol. The maximum Gasteiger partial charge on any atom is 0.343 e. The van der Waals surface area contributed by atoms with Crippen LogP contribution in [0.5, 0.6) is 5.75 Å². The molecule has 0 amide bonds. The summed E-state index contributed by atoms with van der Waals surface area (Å²) in [6.07, 6.45) is 2.18. The van der Waals surface area contributed by atoms with Gasteiger partial charge >= 0.3 is 5.97 Å². The molecule has 1 aromatic heterocycles. The molecule has 10 heteroatoms. The monoisotopic (exact) mass is 447 g/mol. The largest absolute Gasteiger partial charge is 0.422 e. The van der Waals surface area contributed by atoms with Crippen LogP contribution in [0, 0.1) is 14.9 Å². The molecule has 0 radical (unpaired) electrons. The van der Waals surface area contributed by atoms with Gasteiger partial charge in [-0.15, -0.1) is 0 Å². The first-order chi connectivity index (χ1) is 15.5. The predicted octanol–water partition coefficient (Wildman–Crippen LogP) is 4.67. The summed E-state index contributed by atoms with van der Waals surface area (Å²) >= 11 is 5.24. The summed E-state index contributed by atoms with van der Waals surface area (Å²) in [5.74, 6) is 0.200. The molecule has 0 unspecified atom stereocenters. The van der Waals surface area contributed by atoms with E-state index >= 15 is 0 Å². The van der Waals surface area contributed by atoms with Crippen LogP contribution in [0.2, 0.25) is 0 Å². The number of non-ortho nitro benzene ring substituents is 1. The summed E-state index contributed by atoms with van der Waals surface area (Å²) in [4.78, 5) is 23.2. The number of hydrogen-bond acceptors (Lipinski definition) is 7. The quantitative estimate of drug-likeness (QED) is 0.115. The predicted molar refractivity (Wildman–Crippen MR) is 122 cm³/mol. The highest BCUT2D eigenvalue weighted by Crippen LogP contribution is 2.28. The third-order valence-corrected chi connectivity index (χ3v) is 5.03. The lowest BCUT2D eigenvalue weighted by molar-refractivity contribution is -0.384. The van der Waals surface area contributed by atoms with Crippen LogP contribution >= 0.6 is 12.2 Å². The van der Waals surface area contributed by atoms with Gasteiger partial charge in [-0.25, -0.2) is 4.79 Å². The third-order valence-electron chi connectivity index (χ3n) is 4.76. The first kappa shape index (κ1) is 21.1. The van der Waals surface area contributed by atoms with Crippen LogP contribution in [0.25, 0.3) is 10.8 Å². The van der Waals surface area contributed by atoms with Crippen LogP contribution in [0.3, 0.4) is 0 Å². The van der Waals surface area contributed by atoms with E-state index in [1.807, 2.05) is 37.3 Å². The Morgan fingerprint density at radius 3 is 2.84 bits per heavy atom. The van der Waals surface area contributed by atoms with Gasteiger partial charge in [-0.05, 0) is 35.1 Å². The highest BCUT2D eigenvalue weighted by atomic mass is 32.1. The lowest BCUT2D eigenvalue weighted by Gasteiger charge is -2.10. The molecule has 32 heavy (non-hydrogen) atoms. The number of carbonyl (C=O) groups excluding carboxylic acids is 1. The number of fused-ring (bicyclic) bond motifs is 1. The molecule has 1 N–H and O–H groups in total. The van der Waals surface area contributed by atoms with Crippen LogP contribution < -0.4 is 4.74 Å². The van der Waals surface area contributed by atoms with Gasteiger partial charge in [-0.2, -0.15) is 14.9 Å². The number of nitro benzene ring substituents is 1. The van der Waals surface area contributed by atoms with E-state index in [1.54, 1.807) is 12.3 Å². The van der Waals surface area contributed by atoms with Crippen LogP contribution in [-0.2, 0) is 6.42 Å². The molecule has 0 aliphatic heterocycles. The Kier molecular flexibility index (Phi) is 5.86. The Labute approximate surface area is 187 Å². The molecule has 0 fully saturated rings. The van der Waals surface area contributed by atoms with Crippen molar-refractivity contribution in [2.45, 2.75) is 13.3 Å². The van der Waals surface area contributed by atoms with Crippen molar-refractivity contribution in [2.24, 2.45) is 5.10 Å². The second-order valence-electron chi connectivity index (χ2n) is 6.75. The zero-order valence-corrected chi connectivity index (χ0v) is 17.7. The molecule has 0 saturated heterocycles. The number of aryl methyl sites for hydroxylation is 1. The van der Waals surface area contributed by atoms with Gasteiger partial charge < -0.3 is 4.74 Å². The molecule has 0 spiro atoms. The average Bonchev–Trinajstić information content (AvgIpc) is 3.17. The normalized spacial score (nSPS) is 11.2. The Morgan fingerprint density at radius 2 is 2.06 bits per heavy atom. The minimum Gasteiger partial charge on any atom is -0.422 e.